The number of fused-ring (bicyclic) bond motifs is 5. The van der Waals surface area contributed by atoms with Crippen molar-refractivity contribution in [2.75, 3.05) is 21.3 Å². The molecule has 3 saturated carbocycles. The van der Waals surface area contributed by atoms with Gasteiger partial charge >= 0.3 is 5.97 Å². The van der Waals surface area contributed by atoms with Gasteiger partial charge in [-0.1, -0.05) is 55.8 Å². The zero-order valence-electron chi connectivity index (χ0n) is 40.7. The molecule has 21 atom stereocenters. The zero-order valence-corrected chi connectivity index (χ0v) is 40.7. The number of benzene rings is 1. The molecule has 0 spiro atoms. The number of rotatable bonds is 13. The van der Waals surface area contributed by atoms with Gasteiger partial charge in [-0.25, -0.2) is 4.79 Å². The quantitative estimate of drug-likeness (QED) is 0.105. The van der Waals surface area contributed by atoms with E-state index in [1.165, 1.54) is 13.0 Å². The van der Waals surface area contributed by atoms with Gasteiger partial charge in [0.05, 0.1) is 54.2 Å². The summed E-state index contributed by atoms with van der Waals surface area (Å²) in [6.07, 6.45) is -0.114. The minimum absolute atomic E-state index is 0.0184. The van der Waals surface area contributed by atoms with Crippen LogP contribution in [0.1, 0.15) is 111 Å². The van der Waals surface area contributed by atoms with Crippen LogP contribution in [0.2, 0.25) is 0 Å². The maximum atomic E-state index is 13.6. The molecule has 7 aliphatic rings. The average Bonchev–Trinajstić information content (AvgIpc) is 3.53. The molecule has 0 radical (unpaired) electrons. The normalized spacial score (nSPS) is 48.2. The highest BCUT2D eigenvalue weighted by Crippen LogP contribution is 2.71. The number of carbonyl (C=O) groups excluding carboxylic acids is 1. The molecule has 3 aliphatic heterocycles. The first kappa shape index (κ1) is 51.0. The van der Waals surface area contributed by atoms with Crippen LogP contribution in [0.15, 0.2) is 48.1 Å². The van der Waals surface area contributed by atoms with E-state index < -0.39 is 113 Å². The second-order valence-corrected chi connectivity index (χ2v) is 20.9. The molecule has 0 unspecified atom stereocenters. The van der Waals surface area contributed by atoms with Crippen molar-refractivity contribution in [1.29, 1.82) is 0 Å². The second kappa shape index (κ2) is 19.7. The van der Waals surface area contributed by atoms with Gasteiger partial charge in [-0.3, -0.25) is 0 Å². The second-order valence-electron chi connectivity index (χ2n) is 20.9. The van der Waals surface area contributed by atoms with Crippen LogP contribution in [-0.2, 0) is 52.2 Å². The number of aliphatic hydroxyl groups excluding tert-OH is 2. The molecule has 8 rings (SSSR count). The van der Waals surface area contributed by atoms with Crippen molar-refractivity contribution in [3.8, 4) is 0 Å². The maximum absolute atomic E-state index is 13.6. The predicted octanol–water partition coefficient (Wildman–Crippen LogP) is 4.49. The highest BCUT2D eigenvalue weighted by molar-refractivity contribution is 5.87. The Labute approximate surface area is 395 Å². The summed E-state index contributed by atoms with van der Waals surface area (Å²) in [5.74, 6) is -1.18. The molecule has 376 valence electrons. The summed E-state index contributed by atoms with van der Waals surface area (Å²) in [6, 6.07) is 9.36. The first-order valence-corrected chi connectivity index (χ1v) is 24.4. The van der Waals surface area contributed by atoms with Crippen LogP contribution < -0.4 is 0 Å². The number of hydrogen-bond acceptors (Lipinski definition) is 16. The SMILES string of the molecule is CO[C@H]1C[C@H](O[C@H]2CC[C@@]3(C)C(=CC[C@]4(O)[C@@H]3C[C@@H](OC(=O)C=Cc3ccccc3)[C@@]3(C)[C@]4(O)CC[C@@]3(O)[C@H](C)O)C2)O[C@H](C)[C@H]1O[C@H]1C[C@H](OC)[C@H](O[C@H]2C[C@@H](OC)[C@H](O)[C@@H](C)O2)[C@@H](C)O1. The molecule has 6 fully saturated rings. The van der Waals surface area contributed by atoms with Gasteiger partial charge in [0.25, 0.3) is 0 Å². The lowest BCUT2D eigenvalue weighted by atomic mass is 9.42. The third kappa shape index (κ3) is 8.91. The van der Waals surface area contributed by atoms with Gasteiger partial charge in [0.15, 0.2) is 18.9 Å². The van der Waals surface area contributed by atoms with E-state index in [4.69, 9.17) is 47.4 Å². The van der Waals surface area contributed by atoms with Gasteiger partial charge in [-0.2, -0.15) is 0 Å². The van der Waals surface area contributed by atoms with E-state index in [-0.39, 0.29) is 44.0 Å². The minimum Gasteiger partial charge on any atom is -0.458 e. The summed E-state index contributed by atoms with van der Waals surface area (Å²) in [5, 5.41) is 59.7. The molecular formula is C51H76O16. The predicted molar refractivity (Wildman–Crippen MR) is 242 cm³/mol. The lowest BCUT2D eigenvalue weighted by Gasteiger charge is -2.67. The summed E-state index contributed by atoms with van der Waals surface area (Å²) in [5.41, 5.74) is -5.72. The molecule has 0 amide bonds. The molecule has 0 aromatic heterocycles. The monoisotopic (exact) mass is 945 g/mol. The summed E-state index contributed by atoms with van der Waals surface area (Å²) in [4.78, 5) is 13.6. The lowest BCUT2D eigenvalue weighted by Crippen LogP contribution is -2.78. The van der Waals surface area contributed by atoms with Gasteiger partial charge in [0.1, 0.15) is 41.2 Å². The molecule has 5 N–H and O–H groups in total. The van der Waals surface area contributed by atoms with Crippen LogP contribution >= 0.6 is 0 Å². The van der Waals surface area contributed by atoms with Crippen molar-refractivity contribution in [3.63, 3.8) is 0 Å². The molecular weight excluding hydrogens is 869 g/mol. The molecule has 3 saturated heterocycles. The van der Waals surface area contributed by atoms with E-state index in [1.54, 1.807) is 41.3 Å². The van der Waals surface area contributed by atoms with E-state index >= 15 is 0 Å². The third-order valence-electron chi connectivity index (χ3n) is 17.5. The van der Waals surface area contributed by atoms with Crippen LogP contribution in [0, 0.1) is 16.7 Å². The van der Waals surface area contributed by atoms with Crippen LogP contribution in [0.3, 0.4) is 0 Å². The van der Waals surface area contributed by atoms with Gasteiger partial charge in [-0.05, 0) is 89.7 Å². The standard InChI is InChI=1S/C51H76O16/c1-28-44(54)35(58-7)24-42(61-28)66-46-30(3)63-43(26-37(46)60-9)67-45-29(2)62-41(25-36(45)59-8)64-34-18-19-47(5)33(23-34)17-20-50(56)38(47)27-39(65-40(53)16-15-32-13-11-10-12-14-32)48(6)49(55,31(4)52)21-22-51(48,50)57/h10-17,28-31,34-39,41-46,52,54-57H,18-27H2,1-9H3/t28-,29-,30-,31+,34+,35-,36+,37+,38-,39-,41+,42+,43+,44-,45-,46-,47+,48-,49-,50+,51-/m1/s1. The van der Waals surface area contributed by atoms with Crippen LogP contribution in [-0.4, -0.2) is 162 Å². The molecule has 1 aromatic rings. The Morgan fingerprint density at radius 3 is 1.93 bits per heavy atom. The van der Waals surface area contributed by atoms with Gasteiger partial charge < -0.3 is 72.9 Å². The Morgan fingerprint density at radius 2 is 1.34 bits per heavy atom. The summed E-state index contributed by atoms with van der Waals surface area (Å²) >= 11 is 0. The maximum Gasteiger partial charge on any atom is 0.331 e. The van der Waals surface area contributed by atoms with E-state index in [2.05, 4.69) is 6.92 Å². The van der Waals surface area contributed by atoms with E-state index in [0.717, 1.165) is 11.1 Å². The highest BCUT2D eigenvalue weighted by Gasteiger charge is 2.81. The fourth-order valence-electron chi connectivity index (χ4n) is 13.4. The van der Waals surface area contributed by atoms with Crippen LogP contribution in [0.25, 0.3) is 6.08 Å². The Bertz CT molecular complexity index is 1930. The third-order valence-corrected chi connectivity index (χ3v) is 17.5. The van der Waals surface area contributed by atoms with Crippen molar-refractivity contribution >= 4 is 12.0 Å². The van der Waals surface area contributed by atoms with Gasteiger partial charge in [-0.15, -0.1) is 0 Å². The van der Waals surface area contributed by atoms with Gasteiger partial charge in [0.2, 0.25) is 0 Å². The number of esters is 1. The molecule has 0 bridgehead atoms. The fourth-order valence-corrected chi connectivity index (χ4v) is 13.4. The van der Waals surface area contributed by atoms with E-state index in [1.807, 2.05) is 50.3 Å². The summed E-state index contributed by atoms with van der Waals surface area (Å²) in [6.45, 7) is 10.9. The topological polar surface area (TPSA) is 211 Å². The Morgan fingerprint density at radius 1 is 0.776 bits per heavy atom. The molecule has 67 heavy (non-hydrogen) atoms. The van der Waals surface area contributed by atoms with Crippen molar-refractivity contribution < 1.29 is 77.7 Å². The lowest BCUT2D eigenvalue weighted by molar-refractivity contribution is -0.339. The average molecular weight is 945 g/mol. The molecule has 4 aliphatic carbocycles. The number of hydrogen-bond donors (Lipinski definition) is 5. The Balaban J connectivity index is 0.921. The first-order chi connectivity index (χ1) is 31.7. The summed E-state index contributed by atoms with van der Waals surface area (Å²) < 4.78 is 62.3. The van der Waals surface area contributed by atoms with Crippen molar-refractivity contribution in [2.45, 2.75) is 215 Å². The molecule has 16 nitrogen and oxygen atoms in total. The number of ether oxygens (including phenoxy) is 10. The Hall–Kier alpha value is -2.39. The smallest absolute Gasteiger partial charge is 0.331 e. The van der Waals surface area contributed by atoms with Crippen molar-refractivity contribution in [1.82, 2.24) is 0 Å². The van der Waals surface area contributed by atoms with Crippen LogP contribution in [0.4, 0.5) is 0 Å². The molecule has 3 heterocycles. The zero-order chi connectivity index (χ0) is 48.3. The highest BCUT2D eigenvalue weighted by atomic mass is 16.7. The minimum atomic E-state index is -1.90. The number of carbonyl (C=O) groups is 1. The summed E-state index contributed by atoms with van der Waals surface area (Å²) in [7, 11) is 4.85. The largest absolute Gasteiger partial charge is 0.458 e. The van der Waals surface area contributed by atoms with Crippen LogP contribution in [0.5, 0.6) is 0 Å². The molecule has 16 heteroatoms. The van der Waals surface area contributed by atoms with E-state index in [9.17, 15) is 30.3 Å². The fraction of sp³-hybridized carbons (Fsp3) is 0.784. The number of aliphatic hydroxyl groups is 5. The first-order valence-electron chi connectivity index (χ1n) is 24.4. The van der Waals surface area contributed by atoms with E-state index in [0.29, 0.717) is 38.5 Å². The van der Waals surface area contributed by atoms with Gasteiger partial charge in [0, 0.05) is 52.6 Å². The number of methoxy groups -OCH3 is 3. The van der Waals surface area contributed by atoms with Crippen molar-refractivity contribution in [2.24, 2.45) is 16.7 Å². The van der Waals surface area contributed by atoms with Crippen molar-refractivity contribution in [3.05, 3.63) is 53.6 Å². The molecule has 1 aromatic carbocycles. The Kier molecular flexibility index (Phi) is 15.0.